The molecule has 0 fully saturated rings. The van der Waals surface area contributed by atoms with Crippen molar-refractivity contribution in [3.8, 4) is 0 Å². The maximum Gasteiger partial charge on any atom is 0.416 e. The van der Waals surface area contributed by atoms with Gasteiger partial charge in [-0.25, -0.2) is 4.39 Å². The molecule has 0 spiro atoms. The van der Waals surface area contributed by atoms with Crippen LogP contribution in [0.1, 0.15) is 22.8 Å². The second-order valence-electron chi connectivity index (χ2n) is 4.16. The lowest BCUT2D eigenvalue weighted by Gasteiger charge is -2.19. The minimum atomic E-state index is -4.62. The van der Waals surface area contributed by atoms with E-state index >= 15 is 0 Å². The third kappa shape index (κ3) is 4.09. The van der Waals surface area contributed by atoms with Gasteiger partial charge in [0.1, 0.15) is 5.82 Å². The zero-order valence-corrected chi connectivity index (χ0v) is 11.0. The molecule has 0 heterocycles. The van der Waals surface area contributed by atoms with Crippen molar-refractivity contribution in [1.82, 2.24) is 4.90 Å². The maximum absolute atomic E-state index is 13.5. The van der Waals surface area contributed by atoms with Gasteiger partial charge in [0, 0.05) is 19.0 Å². The molecule has 106 valence electrons. The number of hydrogen-bond donors (Lipinski definition) is 0. The lowest BCUT2D eigenvalue weighted by molar-refractivity contribution is -0.137. The molecule has 0 radical (unpaired) electrons. The molecule has 0 saturated heterocycles. The molecule has 1 aromatic rings. The van der Waals surface area contributed by atoms with Gasteiger partial charge < -0.3 is 4.90 Å². The van der Waals surface area contributed by atoms with Gasteiger partial charge in [0.25, 0.3) is 5.91 Å². The fourth-order valence-corrected chi connectivity index (χ4v) is 1.74. The van der Waals surface area contributed by atoms with Crippen LogP contribution in [0.15, 0.2) is 18.2 Å². The molecule has 0 aliphatic rings. The van der Waals surface area contributed by atoms with Crippen LogP contribution in [0.5, 0.6) is 0 Å². The molecule has 0 aliphatic carbocycles. The van der Waals surface area contributed by atoms with Gasteiger partial charge in [-0.2, -0.15) is 13.2 Å². The highest BCUT2D eigenvalue weighted by atomic mass is 35.5. The number of carbonyl (C=O) groups is 1. The van der Waals surface area contributed by atoms with Crippen molar-refractivity contribution in [3.05, 3.63) is 35.1 Å². The number of benzene rings is 1. The predicted molar refractivity (Wildman–Crippen MR) is 63.7 cm³/mol. The predicted octanol–water partition coefficient (Wildman–Crippen LogP) is 3.54. The van der Waals surface area contributed by atoms with E-state index in [0.29, 0.717) is 18.2 Å². The van der Waals surface area contributed by atoms with Crippen LogP contribution in [-0.4, -0.2) is 29.8 Å². The van der Waals surface area contributed by atoms with Crippen LogP contribution in [0.4, 0.5) is 17.6 Å². The fraction of sp³-hybridized carbons (Fsp3) is 0.417. The zero-order chi connectivity index (χ0) is 14.8. The van der Waals surface area contributed by atoms with E-state index in [1.807, 2.05) is 0 Å². The lowest BCUT2D eigenvalue weighted by Crippen LogP contribution is -2.32. The van der Waals surface area contributed by atoms with Gasteiger partial charge in [-0.3, -0.25) is 4.79 Å². The Hall–Kier alpha value is -1.30. The summed E-state index contributed by atoms with van der Waals surface area (Å²) < 4.78 is 51.0. The number of rotatable bonds is 3. The summed E-state index contributed by atoms with van der Waals surface area (Å²) in [7, 11) is 1.35. The molecule has 1 atom stereocenters. The first kappa shape index (κ1) is 15.8. The Kier molecular flexibility index (Phi) is 4.79. The summed E-state index contributed by atoms with van der Waals surface area (Å²) in [5, 5.41) is -0.386. The monoisotopic (exact) mass is 297 g/mol. The van der Waals surface area contributed by atoms with Crippen LogP contribution in [0.2, 0.25) is 0 Å². The van der Waals surface area contributed by atoms with Gasteiger partial charge >= 0.3 is 6.18 Å². The normalized spacial score (nSPS) is 13.2. The summed E-state index contributed by atoms with van der Waals surface area (Å²) in [6.07, 6.45) is -4.62. The largest absolute Gasteiger partial charge is 0.416 e. The highest BCUT2D eigenvalue weighted by Crippen LogP contribution is 2.30. The molecule has 0 aromatic heterocycles. The average Bonchev–Trinajstić information content (AvgIpc) is 2.26. The van der Waals surface area contributed by atoms with Crippen LogP contribution in [-0.2, 0) is 6.18 Å². The molecule has 0 aliphatic heterocycles. The number of halogens is 5. The molecule has 7 heteroatoms. The summed E-state index contributed by atoms with van der Waals surface area (Å²) >= 11 is 5.68. The van der Waals surface area contributed by atoms with E-state index in [0.717, 1.165) is 4.90 Å². The summed E-state index contributed by atoms with van der Waals surface area (Å²) in [5.41, 5.74) is -1.68. The number of amides is 1. The molecule has 0 bridgehead atoms. The van der Waals surface area contributed by atoms with Crippen LogP contribution in [0, 0.1) is 5.82 Å². The van der Waals surface area contributed by atoms with E-state index < -0.39 is 29.0 Å². The number of hydrogen-bond acceptors (Lipinski definition) is 1. The van der Waals surface area contributed by atoms with E-state index in [9.17, 15) is 22.4 Å². The van der Waals surface area contributed by atoms with Gasteiger partial charge in [-0.1, -0.05) is 0 Å². The SMILES string of the molecule is CC(Cl)CN(C)C(=O)c1cc(C(F)(F)F)ccc1F. The number of alkyl halides is 4. The van der Waals surface area contributed by atoms with Crippen molar-refractivity contribution in [2.24, 2.45) is 0 Å². The minimum absolute atomic E-state index is 0.107. The highest BCUT2D eigenvalue weighted by molar-refractivity contribution is 6.20. The molecular weight excluding hydrogens is 286 g/mol. The fourth-order valence-electron chi connectivity index (χ4n) is 1.53. The summed E-state index contributed by atoms with van der Waals surface area (Å²) in [6.45, 7) is 1.73. The van der Waals surface area contributed by atoms with Gasteiger partial charge in [-0.05, 0) is 25.1 Å². The van der Waals surface area contributed by atoms with Crippen LogP contribution in [0.25, 0.3) is 0 Å². The standard InChI is InChI=1S/C12H12ClF4NO/c1-7(13)6-18(2)11(19)9-5-8(12(15,16)17)3-4-10(9)14/h3-5,7H,6H2,1-2H3. The molecule has 0 saturated carbocycles. The van der Waals surface area contributed by atoms with Gasteiger partial charge in [-0.15, -0.1) is 11.6 Å². The smallest absolute Gasteiger partial charge is 0.340 e. The average molecular weight is 298 g/mol. The molecule has 1 amide bonds. The van der Waals surface area contributed by atoms with Gasteiger partial charge in [0.2, 0.25) is 0 Å². The summed E-state index contributed by atoms with van der Waals surface area (Å²) in [6, 6.07) is 1.73. The van der Waals surface area contributed by atoms with Crippen molar-refractivity contribution in [2.45, 2.75) is 18.5 Å². The van der Waals surface area contributed by atoms with Crippen molar-refractivity contribution >= 4 is 17.5 Å². The first-order valence-corrected chi connectivity index (χ1v) is 5.83. The van der Waals surface area contributed by atoms with Gasteiger partial charge in [0.05, 0.1) is 11.1 Å². The molecule has 19 heavy (non-hydrogen) atoms. The zero-order valence-electron chi connectivity index (χ0n) is 10.3. The molecule has 0 N–H and O–H groups in total. The first-order chi connectivity index (χ1) is 8.62. The van der Waals surface area contributed by atoms with Crippen LogP contribution >= 0.6 is 11.6 Å². The van der Waals surface area contributed by atoms with Crippen molar-refractivity contribution < 1.29 is 22.4 Å². The Morgan fingerprint density at radius 1 is 1.42 bits per heavy atom. The van der Waals surface area contributed by atoms with Crippen molar-refractivity contribution in [1.29, 1.82) is 0 Å². The molecule has 2 nitrogen and oxygen atoms in total. The highest BCUT2D eigenvalue weighted by Gasteiger charge is 2.32. The van der Waals surface area contributed by atoms with E-state index in [4.69, 9.17) is 11.6 Å². The molecular formula is C12H12ClF4NO. The van der Waals surface area contributed by atoms with Gasteiger partial charge in [0.15, 0.2) is 0 Å². The molecule has 1 unspecified atom stereocenters. The van der Waals surface area contributed by atoms with E-state index in [-0.39, 0.29) is 11.9 Å². The lowest BCUT2D eigenvalue weighted by atomic mass is 10.1. The third-order valence-corrected chi connectivity index (χ3v) is 2.53. The maximum atomic E-state index is 13.5. The van der Waals surface area contributed by atoms with Crippen molar-refractivity contribution in [2.75, 3.05) is 13.6 Å². The second kappa shape index (κ2) is 5.77. The van der Waals surface area contributed by atoms with E-state index in [2.05, 4.69) is 0 Å². The second-order valence-corrected chi connectivity index (χ2v) is 4.90. The Balaban J connectivity index is 3.09. The minimum Gasteiger partial charge on any atom is -0.340 e. The Labute approximate surface area is 113 Å². The molecule has 1 rings (SSSR count). The molecule has 1 aromatic carbocycles. The number of carbonyl (C=O) groups excluding carboxylic acids is 1. The van der Waals surface area contributed by atoms with Crippen LogP contribution in [0.3, 0.4) is 0 Å². The summed E-state index contributed by atoms with van der Waals surface area (Å²) in [4.78, 5) is 12.9. The van der Waals surface area contributed by atoms with Crippen molar-refractivity contribution in [3.63, 3.8) is 0 Å². The summed E-state index contributed by atoms with van der Waals surface area (Å²) in [5.74, 6) is -1.83. The van der Waals surface area contributed by atoms with E-state index in [1.165, 1.54) is 7.05 Å². The quantitative estimate of drug-likeness (QED) is 0.617. The Morgan fingerprint density at radius 3 is 2.47 bits per heavy atom. The topological polar surface area (TPSA) is 20.3 Å². The van der Waals surface area contributed by atoms with Crippen LogP contribution < -0.4 is 0 Å². The van der Waals surface area contributed by atoms with E-state index in [1.54, 1.807) is 6.92 Å². The Morgan fingerprint density at radius 2 is 2.00 bits per heavy atom. The first-order valence-electron chi connectivity index (χ1n) is 5.39. The Bertz CT molecular complexity index is 473. The number of nitrogens with zero attached hydrogens (tertiary/aromatic N) is 1. The third-order valence-electron chi connectivity index (χ3n) is 2.40.